The first-order chi connectivity index (χ1) is 15.8. The summed E-state index contributed by atoms with van der Waals surface area (Å²) >= 11 is 0. The van der Waals surface area contributed by atoms with E-state index in [0.717, 1.165) is 36.5 Å². The Bertz CT molecular complexity index is 1020. The van der Waals surface area contributed by atoms with Gasteiger partial charge >= 0.3 is 0 Å². The second-order valence-electron chi connectivity index (χ2n) is 9.42. The number of hydrogen-bond donors (Lipinski definition) is 1. The molecule has 1 saturated carbocycles. The fourth-order valence-corrected chi connectivity index (χ4v) is 4.63. The quantitative estimate of drug-likeness (QED) is 0.416. The maximum atomic E-state index is 6.15. The largest absolute Gasteiger partial charge is 0.490 e. The molecule has 0 spiro atoms. The maximum absolute atomic E-state index is 6.15. The first-order valence-corrected chi connectivity index (χ1v) is 12.2. The Morgan fingerprint density at radius 3 is 2.48 bits per heavy atom. The molecule has 2 heterocycles. The Balaban J connectivity index is 1.83. The third-order valence-corrected chi connectivity index (χ3v) is 6.49. The van der Waals surface area contributed by atoms with Gasteiger partial charge in [0.15, 0.2) is 5.82 Å². The van der Waals surface area contributed by atoms with Crippen molar-refractivity contribution in [1.29, 1.82) is 0 Å². The van der Waals surface area contributed by atoms with E-state index in [4.69, 9.17) is 9.73 Å². The standard InChI is InChI=1S/C29H39N3O/c1-8-24(19(3)4)26(20(5)6)14-15-27-21(7)25(9-2)29(31-27)32-28-18-23(16-17-30-28)33-22-12-10-11-13-22/h8,14-18,22,25H,1,9-13H2,2-7H3,(H,30,31,32)/b15-14-. The van der Waals surface area contributed by atoms with Gasteiger partial charge in [0.2, 0.25) is 0 Å². The molecule has 1 aromatic rings. The molecular weight excluding hydrogens is 406 g/mol. The molecule has 0 aromatic carbocycles. The van der Waals surface area contributed by atoms with Crippen molar-refractivity contribution < 1.29 is 4.74 Å². The molecule has 1 aromatic heterocycles. The van der Waals surface area contributed by atoms with E-state index in [1.165, 1.54) is 40.7 Å². The normalized spacial score (nSPS) is 19.8. The van der Waals surface area contributed by atoms with Gasteiger partial charge in [0.1, 0.15) is 11.6 Å². The van der Waals surface area contributed by atoms with Crippen molar-refractivity contribution >= 4 is 11.7 Å². The average molecular weight is 446 g/mol. The summed E-state index contributed by atoms with van der Waals surface area (Å²) in [6.45, 7) is 16.9. The molecule has 0 amide bonds. The molecule has 0 bridgehead atoms. The van der Waals surface area contributed by atoms with Crippen LogP contribution < -0.4 is 10.1 Å². The van der Waals surface area contributed by atoms with Gasteiger partial charge in [-0.15, -0.1) is 0 Å². The average Bonchev–Trinajstić information content (AvgIpc) is 3.38. The fourth-order valence-electron chi connectivity index (χ4n) is 4.63. The van der Waals surface area contributed by atoms with E-state index < -0.39 is 0 Å². The van der Waals surface area contributed by atoms with Gasteiger partial charge in [0.05, 0.1) is 6.10 Å². The highest BCUT2D eigenvalue weighted by Gasteiger charge is 2.26. The van der Waals surface area contributed by atoms with Gasteiger partial charge in [-0.1, -0.05) is 36.8 Å². The molecule has 1 N–H and O–H groups in total. The molecule has 1 fully saturated rings. The first-order valence-electron chi connectivity index (χ1n) is 12.2. The lowest BCUT2D eigenvalue weighted by molar-refractivity contribution is 0.210. The number of pyridine rings is 1. The molecule has 0 radical (unpaired) electrons. The second kappa shape index (κ2) is 11.3. The Kier molecular flexibility index (Phi) is 8.49. The van der Waals surface area contributed by atoms with Crippen LogP contribution in [0, 0.1) is 5.92 Å². The van der Waals surface area contributed by atoms with E-state index >= 15 is 0 Å². The molecule has 4 heteroatoms. The number of allylic oxidation sites excluding steroid dienone is 7. The second-order valence-corrected chi connectivity index (χ2v) is 9.42. The molecule has 176 valence electrons. The van der Waals surface area contributed by atoms with Crippen LogP contribution in [-0.2, 0) is 0 Å². The minimum Gasteiger partial charge on any atom is -0.490 e. The van der Waals surface area contributed by atoms with Gasteiger partial charge in [-0.3, -0.25) is 0 Å². The summed E-state index contributed by atoms with van der Waals surface area (Å²) < 4.78 is 6.15. The molecular formula is C29H39N3O. The Hall–Kier alpha value is -2.88. The van der Waals surface area contributed by atoms with E-state index in [1.807, 2.05) is 18.2 Å². The van der Waals surface area contributed by atoms with E-state index in [0.29, 0.717) is 11.9 Å². The van der Waals surface area contributed by atoms with Crippen molar-refractivity contribution in [3.05, 3.63) is 76.7 Å². The van der Waals surface area contributed by atoms with E-state index in [1.54, 1.807) is 6.20 Å². The SMILES string of the molecule is C=CC(=C(C)C)C(/C=C\C1=C(C)C(CC)C(=Nc2cc(OC3CCCC3)ccn2)N1)=C(C)C. The number of aromatic nitrogens is 1. The van der Waals surface area contributed by atoms with Crippen LogP contribution in [0.15, 0.2) is 81.7 Å². The highest BCUT2D eigenvalue weighted by atomic mass is 16.5. The van der Waals surface area contributed by atoms with Crippen LogP contribution in [0.25, 0.3) is 0 Å². The zero-order valence-electron chi connectivity index (χ0n) is 21.2. The molecule has 0 saturated heterocycles. The number of hydrogen-bond acceptors (Lipinski definition) is 3. The van der Waals surface area contributed by atoms with Crippen molar-refractivity contribution in [1.82, 2.24) is 10.3 Å². The topological polar surface area (TPSA) is 46.5 Å². The molecule has 1 unspecified atom stereocenters. The minimum absolute atomic E-state index is 0.253. The number of amidine groups is 1. The summed E-state index contributed by atoms with van der Waals surface area (Å²) in [5.74, 6) is 2.75. The Morgan fingerprint density at radius 1 is 1.18 bits per heavy atom. The van der Waals surface area contributed by atoms with Crippen molar-refractivity contribution in [2.45, 2.75) is 79.8 Å². The zero-order chi connectivity index (χ0) is 24.0. The summed E-state index contributed by atoms with van der Waals surface area (Å²) in [5.41, 5.74) is 7.33. The van der Waals surface area contributed by atoms with Crippen LogP contribution >= 0.6 is 0 Å². The van der Waals surface area contributed by atoms with Crippen LogP contribution in [0.1, 0.15) is 73.6 Å². The van der Waals surface area contributed by atoms with Crippen LogP contribution in [0.5, 0.6) is 5.75 Å². The highest BCUT2D eigenvalue weighted by Crippen LogP contribution is 2.30. The fraction of sp³-hybridized carbons (Fsp3) is 0.448. The predicted octanol–water partition coefficient (Wildman–Crippen LogP) is 7.75. The summed E-state index contributed by atoms with van der Waals surface area (Å²) in [5, 5.41) is 3.56. The monoisotopic (exact) mass is 445 g/mol. The number of rotatable bonds is 8. The van der Waals surface area contributed by atoms with Gasteiger partial charge in [-0.2, -0.15) is 0 Å². The summed E-state index contributed by atoms with van der Waals surface area (Å²) in [7, 11) is 0. The summed E-state index contributed by atoms with van der Waals surface area (Å²) in [6, 6.07) is 3.88. The zero-order valence-corrected chi connectivity index (χ0v) is 21.2. The minimum atomic E-state index is 0.253. The van der Waals surface area contributed by atoms with Gasteiger partial charge < -0.3 is 10.1 Å². The van der Waals surface area contributed by atoms with Gasteiger partial charge in [0.25, 0.3) is 0 Å². The lowest BCUT2D eigenvalue weighted by Crippen LogP contribution is -2.21. The number of ether oxygens (including phenoxy) is 1. The molecule has 1 aliphatic heterocycles. The smallest absolute Gasteiger partial charge is 0.157 e. The van der Waals surface area contributed by atoms with Crippen LogP contribution in [-0.4, -0.2) is 16.9 Å². The molecule has 3 rings (SSSR count). The molecule has 4 nitrogen and oxygen atoms in total. The number of nitrogens with zero attached hydrogens (tertiary/aromatic N) is 2. The van der Waals surface area contributed by atoms with E-state index in [2.05, 4.69) is 70.6 Å². The number of nitrogens with one attached hydrogen (secondary N) is 1. The molecule has 33 heavy (non-hydrogen) atoms. The summed E-state index contributed by atoms with van der Waals surface area (Å²) in [4.78, 5) is 9.37. The van der Waals surface area contributed by atoms with E-state index in [9.17, 15) is 0 Å². The maximum Gasteiger partial charge on any atom is 0.157 e. The first kappa shape index (κ1) is 24.8. The molecule has 1 aliphatic carbocycles. The van der Waals surface area contributed by atoms with Gasteiger partial charge in [-0.25, -0.2) is 9.98 Å². The van der Waals surface area contributed by atoms with Crippen LogP contribution in [0.2, 0.25) is 0 Å². The van der Waals surface area contributed by atoms with Crippen LogP contribution in [0.4, 0.5) is 5.82 Å². The molecule has 1 atom stereocenters. The van der Waals surface area contributed by atoms with Gasteiger partial charge in [0, 0.05) is 23.9 Å². The summed E-state index contributed by atoms with van der Waals surface area (Å²) in [6.07, 6.45) is 14.2. The van der Waals surface area contributed by atoms with Crippen LogP contribution in [0.3, 0.4) is 0 Å². The lowest BCUT2D eigenvalue weighted by atomic mass is 9.96. The van der Waals surface area contributed by atoms with Crippen molar-refractivity contribution in [2.24, 2.45) is 10.9 Å². The third kappa shape index (κ3) is 6.13. The Labute approximate surface area is 200 Å². The number of aliphatic imine (C=N–C) groups is 1. The molecule has 2 aliphatic rings. The van der Waals surface area contributed by atoms with Crippen molar-refractivity contribution in [3.8, 4) is 5.75 Å². The lowest BCUT2D eigenvalue weighted by Gasteiger charge is -2.13. The van der Waals surface area contributed by atoms with E-state index in [-0.39, 0.29) is 5.92 Å². The van der Waals surface area contributed by atoms with Crippen molar-refractivity contribution in [2.75, 3.05) is 0 Å². The third-order valence-electron chi connectivity index (χ3n) is 6.49. The van der Waals surface area contributed by atoms with Crippen molar-refractivity contribution in [3.63, 3.8) is 0 Å². The van der Waals surface area contributed by atoms with Gasteiger partial charge in [-0.05, 0) is 95.6 Å². The predicted molar refractivity (Wildman–Crippen MR) is 140 cm³/mol. The Morgan fingerprint density at radius 2 is 1.88 bits per heavy atom. The highest BCUT2D eigenvalue weighted by molar-refractivity contribution is 5.94.